The van der Waals surface area contributed by atoms with Crippen LogP contribution in [0.15, 0.2) is 73.8 Å². The average Bonchev–Trinajstić information content (AvgIpc) is 2.71. The molecule has 0 aliphatic rings. The molecule has 0 unspecified atom stereocenters. The van der Waals surface area contributed by atoms with Gasteiger partial charge in [-0.2, -0.15) is 0 Å². The van der Waals surface area contributed by atoms with E-state index in [1.54, 1.807) is 13.8 Å². The minimum atomic E-state index is -0.181. The van der Waals surface area contributed by atoms with Crippen LogP contribution in [0.2, 0.25) is 0 Å². The van der Waals surface area contributed by atoms with Crippen LogP contribution >= 0.6 is 0 Å². The molecular formula is C23H37O4Y2-. The van der Waals surface area contributed by atoms with Crippen LogP contribution in [0, 0.1) is 7.43 Å². The van der Waals surface area contributed by atoms with Gasteiger partial charge in [-0.3, -0.25) is 0 Å². The SMILES string of the molecule is C=Cc1ccccc1.C=Cc1ccccc1.CCO.CCO.COCO.[CH3-].[Y].[Y]. The number of benzene rings is 2. The fourth-order valence-electron chi connectivity index (χ4n) is 1.18. The summed E-state index contributed by atoms with van der Waals surface area (Å²) in [6.45, 7) is 10.9. The van der Waals surface area contributed by atoms with E-state index in [1.165, 1.54) is 18.2 Å². The van der Waals surface area contributed by atoms with E-state index in [9.17, 15) is 0 Å². The van der Waals surface area contributed by atoms with E-state index in [-0.39, 0.29) is 92.9 Å². The average molecular weight is 555 g/mol. The molecule has 0 heterocycles. The van der Waals surface area contributed by atoms with Gasteiger partial charge in [0.2, 0.25) is 0 Å². The molecule has 2 rings (SSSR count). The van der Waals surface area contributed by atoms with Crippen molar-refractivity contribution in [2.24, 2.45) is 0 Å². The Morgan fingerprint density at radius 2 is 0.931 bits per heavy atom. The Balaban J connectivity index is -0.0000000596. The molecule has 0 fully saturated rings. The number of ether oxygens (including phenoxy) is 1. The first-order valence-corrected chi connectivity index (χ1v) is 8.28. The van der Waals surface area contributed by atoms with E-state index in [0.717, 1.165) is 0 Å². The van der Waals surface area contributed by atoms with Gasteiger partial charge in [-0.15, -0.1) is 0 Å². The van der Waals surface area contributed by atoms with Gasteiger partial charge < -0.3 is 27.5 Å². The number of methoxy groups -OCH3 is 1. The third-order valence-corrected chi connectivity index (χ3v) is 2.20. The van der Waals surface area contributed by atoms with E-state index in [1.807, 2.05) is 72.8 Å². The molecule has 0 bridgehead atoms. The van der Waals surface area contributed by atoms with Gasteiger partial charge >= 0.3 is 0 Å². The molecule has 0 aromatic heterocycles. The first-order valence-electron chi connectivity index (χ1n) is 8.28. The Labute approximate surface area is 228 Å². The van der Waals surface area contributed by atoms with Crippen LogP contribution in [0.1, 0.15) is 25.0 Å². The molecule has 3 N–H and O–H groups in total. The predicted molar refractivity (Wildman–Crippen MR) is 119 cm³/mol. The summed E-state index contributed by atoms with van der Waals surface area (Å²) in [6, 6.07) is 20.1. The molecule has 0 aliphatic heterocycles. The van der Waals surface area contributed by atoms with Gasteiger partial charge in [0.15, 0.2) is 0 Å². The van der Waals surface area contributed by atoms with E-state index in [0.29, 0.717) is 0 Å². The van der Waals surface area contributed by atoms with Gasteiger partial charge in [-0.1, -0.05) is 86.0 Å². The van der Waals surface area contributed by atoms with Crippen LogP contribution in [0.25, 0.3) is 12.2 Å². The summed E-state index contributed by atoms with van der Waals surface area (Å²) in [5.41, 5.74) is 2.35. The third kappa shape index (κ3) is 42.9. The Hall–Kier alpha value is -0.0322. The molecule has 2 radical (unpaired) electrons. The van der Waals surface area contributed by atoms with Crippen molar-refractivity contribution in [1.29, 1.82) is 0 Å². The van der Waals surface area contributed by atoms with Crippen LogP contribution in [-0.2, 0) is 70.2 Å². The third-order valence-electron chi connectivity index (χ3n) is 2.20. The summed E-state index contributed by atoms with van der Waals surface area (Å²) in [5, 5.41) is 22.8. The van der Waals surface area contributed by atoms with Crippen LogP contribution in [0.5, 0.6) is 0 Å². The summed E-state index contributed by atoms with van der Waals surface area (Å²) >= 11 is 0. The number of hydrogen-bond donors (Lipinski definition) is 3. The van der Waals surface area contributed by atoms with E-state index in [4.69, 9.17) is 15.3 Å². The molecule has 0 amide bonds. The quantitative estimate of drug-likeness (QED) is 0.380. The van der Waals surface area contributed by atoms with Crippen LogP contribution < -0.4 is 0 Å². The minimum absolute atomic E-state index is 0. The number of rotatable bonds is 3. The fourth-order valence-corrected chi connectivity index (χ4v) is 1.18. The maximum absolute atomic E-state index is 7.65. The Bertz CT molecular complexity index is 447. The normalized spacial score (nSPS) is 6.97. The molecule has 2 aromatic rings. The molecule has 6 heteroatoms. The van der Waals surface area contributed by atoms with Gasteiger partial charge in [0.25, 0.3) is 0 Å². The van der Waals surface area contributed by atoms with Crippen molar-refractivity contribution in [3.05, 3.63) is 92.4 Å². The van der Waals surface area contributed by atoms with E-state index in [2.05, 4.69) is 17.9 Å². The molecule has 2 aromatic carbocycles. The van der Waals surface area contributed by atoms with Crippen molar-refractivity contribution in [2.45, 2.75) is 13.8 Å². The van der Waals surface area contributed by atoms with E-state index >= 15 is 0 Å². The van der Waals surface area contributed by atoms with Crippen LogP contribution in [-0.4, -0.2) is 42.4 Å². The van der Waals surface area contributed by atoms with Crippen molar-refractivity contribution in [1.82, 2.24) is 0 Å². The Morgan fingerprint density at radius 1 is 0.724 bits per heavy atom. The molecule has 0 saturated heterocycles. The number of hydrogen-bond acceptors (Lipinski definition) is 4. The summed E-state index contributed by atoms with van der Waals surface area (Å²) in [6.07, 6.45) is 3.67. The largest absolute Gasteiger partial charge is 0.397 e. The summed E-state index contributed by atoms with van der Waals surface area (Å²) < 4.78 is 4.10. The maximum atomic E-state index is 7.65. The zero-order valence-corrected chi connectivity index (χ0v) is 24.0. The molecule has 0 atom stereocenters. The topological polar surface area (TPSA) is 69.9 Å². The van der Waals surface area contributed by atoms with Gasteiger partial charge in [0.1, 0.15) is 6.79 Å². The second kappa shape index (κ2) is 42.1. The second-order valence-electron chi connectivity index (χ2n) is 4.28. The summed E-state index contributed by atoms with van der Waals surface area (Å²) in [7, 11) is 1.43. The van der Waals surface area contributed by atoms with Crippen molar-refractivity contribution in [3.63, 3.8) is 0 Å². The first-order chi connectivity index (χ1) is 12.6. The maximum Gasteiger partial charge on any atom is 0.143 e. The van der Waals surface area contributed by atoms with Crippen LogP contribution in [0.4, 0.5) is 0 Å². The second-order valence-corrected chi connectivity index (χ2v) is 4.28. The fraction of sp³-hybridized carbons (Fsp3) is 0.261. The number of aliphatic hydroxyl groups excluding tert-OH is 3. The summed E-state index contributed by atoms with van der Waals surface area (Å²) in [4.78, 5) is 0. The zero-order chi connectivity index (χ0) is 20.5. The molecule has 29 heavy (non-hydrogen) atoms. The minimum Gasteiger partial charge on any atom is -0.397 e. The first kappa shape index (κ1) is 43.0. The Morgan fingerprint density at radius 3 is 1.03 bits per heavy atom. The van der Waals surface area contributed by atoms with Crippen molar-refractivity contribution >= 4 is 12.2 Å². The molecule has 4 nitrogen and oxygen atoms in total. The van der Waals surface area contributed by atoms with Crippen molar-refractivity contribution < 1.29 is 85.5 Å². The smallest absolute Gasteiger partial charge is 0.143 e. The molecule has 0 aliphatic carbocycles. The van der Waals surface area contributed by atoms with Crippen LogP contribution in [0.3, 0.4) is 0 Å². The molecular weight excluding hydrogens is 518 g/mol. The van der Waals surface area contributed by atoms with Gasteiger partial charge in [-0.05, 0) is 25.0 Å². The molecule has 0 spiro atoms. The molecule has 160 valence electrons. The van der Waals surface area contributed by atoms with Gasteiger partial charge in [0, 0.05) is 85.7 Å². The summed E-state index contributed by atoms with van der Waals surface area (Å²) in [5.74, 6) is 0. The predicted octanol–water partition coefficient (Wildman–Crippen LogP) is 4.68. The molecule has 0 saturated carbocycles. The van der Waals surface area contributed by atoms with Gasteiger partial charge in [0.05, 0.1) is 0 Å². The van der Waals surface area contributed by atoms with Crippen molar-refractivity contribution in [3.8, 4) is 0 Å². The van der Waals surface area contributed by atoms with E-state index < -0.39 is 0 Å². The van der Waals surface area contributed by atoms with Crippen molar-refractivity contribution in [2.75, 3.05) is 27.1 Å². The monoisotopic (exact) mass is 555 g/mol. The standard InChI is InChI=1S/2C8H8.C2H6O2.2C2H6O.CH3.2Y/c2*1-2-8-6-4-3-5-7-8;1-4-2-3;2*1-2-3;;;/h2*2-7H,1H2;3H,2H2,1H3;2*3H,2H2,1H3;1H3;;/q;;;;;-1;;. The number of aliphatic hydroxyl groups is 3. The van der Waals surface area contributed by atoms with Gasteiger partial charge in [-0.25, -0.2) is 0 Å². The zero-order valence-electron chi connectivity index (χ0n) is 18.4. The Kier molecular flexibility index (Phi) is 62.4.